The average Bonchev–Trinajstić information content (AvgIpc) is 2.93. The molecule has 0 aliphatic heterocycles. The lowest BCUT2D eigenvalue weighted by Crippen LogP contribution is -2.26. The van der Waals surface area contributed by atoms with Gasteiger partial charge < -0.3 is 5.73 Å². The third kappa shape index (κ3) is 3.89. The Morgan fingerprint density at radius 1 is 1.48 bits per heavy atom. The molecule has 0 spiro atoms. The number of thiophene rings is 1. The second kappa shape index (κ2) is 6.83. The molecule has 0 atom stereocenters. The summed E-state index contributed by atoms with van der Waals surface area (Å²) in [7, 11) is -1.98. The maximum absolute atomic E-state index is 12.4. The van der Waals surface area contributed by atoms with Crippen LogP contribution in [0.5, 0.6) is 0 Å². The highest BCUT2D eigenvalue weighted by molar-refractivity contribution is 7.89. The van der Waals surface area contributed by atoms with E-state index in [2.05, 4.69) is 16.8 Å². The normalized spacial score (nSPS) is 11.2. The van der Waals surface area contributed by atoms with Crippen molar-refractivity contribution in [3.8, 4) is 11.8 Å². The van der Waals surface area contributed by atoms with Crippen LogP contribution in [0.4, 0.5) is 0 Å². The number of nitrogens with two attached hydrogens (primary N) is 1. The van der Waals surface area contributed by atoms with E-state index in [0.717, 1.165) is 10.4 Å². The fourth-order valence-electron chi connectivity index (χ4n) is 1.68. The van der Waals surface area contributed by atoms with Crippen LogP contribution < -0.4 is 5.73 Å². The summed E-state index contributed by atoms with van der Waals surface area (Å²) in [6, 6.07) is 5.01. The van der Waals surface area contributed by atoms with E-state index >= 15 is 0 Å². The van der Waals surface area contributed by atoms with Gasteiger partial charge in [0.25, 0.3) is 0 Å². The lowest BCUT2D eigenvalue weighted by atomic mass is 10.3. The van der Waals surface area contributed by atoms with Crippen molar-refractivity contribution in [1.29, 1.82) is 0 Å². The van der Waals surface area contributed by atoms with E-state index in [1.807, 2.05) is 11.4 Å². The van der Waals surface area contributed by atoms with Gasteiger partial charge in [-0.3, -0.25) is 4.98 Å². The summed E-state index contributed by atoms with van der Waals surface area (Å²) < 4.78 is 26.0. The highest BCUT2D eigenvalue weighted by atomic mass is 32.2. The van der Waals surface area contributed by atoms with Crippen molar-refractivity contribution in [3.63, 3.8) is 0 Å². The first-order valence-corrected chi connectivity index (χ1v) is 8.48. The number of pyridine rings is 1. The molecule has 0 saturated heterocycles. The minimum absolute atomic E-state index is 0.186. The number of aromatic nitrogens is 1. The second-order valence-electron chi connectivity index (χ2n) is 4.27. The molecule has 2 aromatic rings. The molecule has 0 bridgehead atoms. The minimum Gasteiger partial charge on any atom is -0.320 e. The number of nitrogens with zero attached hydrogens (tertiary/aromatic N) is 2. The first-order valence-electron chi connectivity index (χ1n) is 6.17. The Morgan fingerprint density at radius 3 is 2.95 bits per heavy atom. The van der Waals surface area contributed by atoms with Crippen LogP contribution in [0.3, 0.4) is 0 Å². The summed E-state index contributed by atoms with van der Waals surface area (Å²) in [4.78, 5) is 4.91. The van der Waals surface area contributed by atoms with Gasteiger partial charge in [-0.05, 0) is 29.1 Å². The molecular formula is C14H15N3O2S2. The standard InChI is InChI=1S/C14H15N3O2S2/c1-17(21(18,19)14-5-3-7-16-9-14)10-12-8-13(20-11-12)4-2-6-15/h3,5,7-9,11H,6,10,15H2,1H3. The molecule has 0 fully saturated rings. The van der Waals surface area contributed by atoms with Crippen molar-refractivity contribution < 1.29 is 8.42 Å². The Labute approximate surface area is 128 Å². The summed E-state index contributed by atoms with van der Waals surface area (Å²) in [5.41, 5.74) is 6.22. The number of rotatable bonds is 4. The molecule has 5 nitrogen and oxygen atoms in total. The maximum Gasteiger partial charge on any atom is 0.244 e. The fourth-order valence-corrected chi connectivity index (χ4v) is 3.58. The largest absolute Gasteiger partial charge is 0.320 e. The Hall–Kier alpha value is -1.72. The molecule has 7 heteroatoms. The summed E-state index contributed by atoms with van der Waals surface area (Å²) in [5, 5.41) is 1.90. The van der Waals surface area contributed by atoms with Gasteiger partial charge in [0.15, 0.2) is 0 Å². The smallest absolute Gasteiger partial charge is 0.244 e. The topological polar surface area (TPSA) is 76.3 Å². The first kappa shape index (κ1) is 15.7. The monoisotopic (exact) mass is 321 g/mol. The predicted octanol–water partition coefficient (Wildman–Crippen LogP) is 1.27. The molecule has 2 aromatic heterocycles. The van der Waals surface area contributed by atoms with Crippen molar-refractivity contribution in [3.05, 3.63) is 46.4 Å². The highest BCUT2D eigenvalue weighted by Gasteiger charge is 2.21. The van der Waals surface area contributed by atoms with Crippen LogP contribution in [-0.4, -0.2) is 31.3 Å². The molecule has 0 radical (unpaired) electrons. The quantitative estimate of drug-likeness (QED) is 0.861. The van der Waals surface area contributed by atoms with Gasteiger partial charge in [0.2, 0.25) is 10.0 Å². The van der Waals surface area contributed by atoms with Crippen molar-refractivity contribution in [2.24, 2.45) is 5.73 Å². The van der Waals surface area contributed by atoms with Gasteiger partial charge >= 0.3 is 0 Å². The predicted molar refractivity (Wildman–Crippen MR) is 83.1 cm³/mol. The summed E-state index contributed by atoms with van der Waals surface area (Å²) in [5.74, 6) is 5.71. The van der Waals surface area contributed by atoms with Gasteiger partial charge in [0.1, 0.15) is 4.90 Å². The Bertz CT molecular complexity index is 758. The zero-order chi connectivity index (χ0) is 15.3. The van der Waals surface area contributed by atoms with Crippen LogP contribution in [0.15, 0.2) is 40.9 Å². The molecule has 0 saturated carbocycles. The lowest BCUT2D eigenvalue weighted by Gasteiger charge is -2.16. The third-order valence-corrected chi connectivity index (χ3v) is 5.40. The third-order valence-electron chi connectivity index (χ3n) is 2.72. The van der Waals surface area contributed by atoms with Gasteiger partial charge in [0.05, 0.1) is 11.4 Å². The van der Waals surface area contributed by atoms with Crippen molar-refractivity contribution in [2.45, 2.75) is 11.4 Å². The SMILES string of the molecule is CN(Cc1csc(C#CCN)c1)S(=O)(=O)c1cccnc1. The molecule has 0 aliphatic rings. The zero-order valence-corrected chi connectivity index (χ0v) is 13.1. The summed E-state index contributed by atoms with van der Waals surface area (Å²) in [6.07, 6.45) is 2.89. The Balaban J connectivity index is 2.14. The number of sulfonamides is 1. The van der Waals surface area contributed by atoms with Gasteiger partial charge in [-0.1, -0.05) is 11.8 Å². The molecule has 2 heterocycles. The Morgan fingerprint density at radius 2 is 2.29 bits per heavy atom. The molecule has 21 heavy (non-hydrogen) atoms. The molecule has 0 aliphatic carbocycles. The zero-order valence-electron chi connectivity index (χ0n) is 11.5. The minimum atomic E-state index is -3.53. The molecule has 110 valence electrons. The van der Waals surface area contributed by atoms with Crippen LogP contribution in [0, 0.1) is 11.8 Å². The van der Waals surface area contributed by atoms with E-state index in [1.54, 1.807) is 19.3 Å². The number of hydrogen-bond donors (Lipinski definition) is 1. The lowest BCUT2D eigenvalue weighted by molar-refractivity contribution is 0.467. The van der Waals surface area contributed by atoms with E-state index in [9.17, 15) is 8.42 Å². The molecular weight excluding hydrogens is 306 g/mol. The van der Waals surface area contributed by atoms with E-state index in [4.69, 9.17) is 5.73 Å². The first-order chi connectivity index (χ1) is 10.0. The molecule has 0 aromatic carbocycles. The number of hydrogen-bond acceptors (Lipinski definition) is 5. The van der Waals surface area contributed by atoms with E-state index in [-0.39, 0.29) is 11.4 Å². The average molecular weight is 321 g/mol. The van der Waals surface area contributed by atoms with E-state index < -0.39 is 10.0 Å². The van der Waals surface area contributed by atoms with Gasteiger partial charge in [-0.15, -0.1) is 11.3 Å². The Kier molecular flexibility index (Phi) is 5.09. The molecule has 2 N–H and O–H groups in total. The van der Waals surface area contributed by atoms with Gasteiger partial charge in [-0.25, -0.2) is 8.42 Å². The van der Waals surface area contributed by atoms with Crippen LogP contribution >= 0.6 is 11.3 Å². The van der Waals surface area contributed by atoms with Gasteiger partial charge in [0, 0.05) is 26.0 Å². The van der Waals surface area contributed by atoms with E-state index in [0.29, 0.717) is 6.54 Å². The molecule has 0 amide bonds. The van der Waals surface area contributed by atoms with Crippen molar-refractivity contribution in [1.82, 2.24) is 9.29 Å². The maximum atomic E-state index is 12.4. The summed E-state index contributed by atoms with van der Waals surface area (Å²) in [6.45, 7) is 0.598. The second-order valence-corrected chi connectivity index (χ2v) is 7.23. The van der Waals surface area contributed by atoms with Crippen LogP contribution in [0.2, 0.25) is 0 Å². The summed E-state index contributed by atoms with van der Waals surface area (Å²) >= 11 is 1.47. The van der Waals surface area contributed by atoms with Crippen molar-refractivity contribution >= 4 is 21.4 Å². The molecule has 0 unspecified atom stereocenters. The van der Waals surface area contributed by atoms with Gasteiger partial charge in [-0.2, -0.15) is 4.31 Å². The van der Waals surface area contributed by atoms with Crippen LogP contribution in [0.1, 0.15) is 10.4 Å². The highest BCUT2D eigenvalue weighted by Crippen LogP contribution is 2.19. The van der Waals surface area contributed by atoms with Crippen molar-refractivity contribution in [2.75, 3.05) is 13.6 Å². The van der Waals surface area contributed by atoms with Crippen LogP contribution in [-0.2, 0) is 16.6 Å². The van der Waals surface area contributed by atoms with Crippen LogP contribution in [0.25, 0.3) is 0 Å². The van der Waals surface area contributed by atoms with E-state index in [1.165, 1.54) is 27.9 Å². The molecule has 2 rings (SSSR count). The fraction of sp³-hybridized carbons (Fsp3) is 0.214.